The number of nitrogens with zero attached hydrogens (tertiary/aromatic N) is 1. The molecular formula is C20H26IN3O2. The first-order valence-corrected chi connectivity index (χ1v) is 8.10. The first-order chi connectivity index (χ1) is 12.1. The largest absolute Gasteiger partial charge is 0.493 e. The van der Waals surface area contributed by atoms with Crippen LogP contribution in [0.2, 0.25) is 0 Å². The Morgan fingerprint density at radius 2 is 1.85 bits per heavy atom. The van der Waals surface area contributed by atoms with Gasteiger partial charge in [-0.1, -0.05) is 48.6 Å². The second-order valence-corrected chi connectivity index (χ2v) is 5.77. The highest BCUT2D eigenvalue weighted by Crippen LogP contribution is 2.29. The lowest BCUT2D eigenvalue weighted by molar-refractivity contribution is 0.284. The van der Waals surface area contributed by atoms with Crippen LogP contribution >= 0.6 is 24.0 Å². The molecule has 0 amide bonds. The summed E-state index contributed by atoms with van der Waals surface area (Å²) >= 11 is 0. The van der Waals surface area contributed by atoms with Crippen LogP contribution in [0.1, 0.15) is 18.1 Å². The molecule has 0 heterocycles. The summed E-state index contributed by atoms with van der Waals surface area (Å²) in [6.07, 6.45) is 0. The van der Waals surface area contributed by atoms with Crippen LogP contribution < -0.4 is 20.5 Å². The molecule has 0 atom stereocenters. The van der Waals surface area contributed by atoms with Crippen molar-refractivity contribution in [2.75, 3.05) is 13.7 Å². The van der Waals surface area contributed by atoms with Gasteiger partial charge in [0.1, 0.15) is 6.61 Å². The predicted octanol–water partition coefficient (Wildman–Crippen LogP) is 3.87. The molecule has 0 aromatic heterocycles. The third-order valence-corrected chi connectivity index (χ3v) is 3.47. The van der Waals surface area contributed by atoms with Gasteiger partial charge in [0.25, 0.3) is 0 Å². The number of hydrogen-bond donors (Lipinski definition) is 2. The first kappa shape index (κ1) is 21.8. The normalized spacial score (nSPS) is 10.6. The van der Waals surface area contributed by atoms with Gasteiger partial charge in [-0.2, -0.15) is 0 Å². The molecule has 2 aromatic carbocycles. The van der Waals surface area contributed by atoms with Gasteiger partial charge in [-0.05, 0) is 30.2 Å². The van der Waals surface area contributed by atoms with Crippen LogP contribution in [0.5, 0.6) is 11.5 Å². The zero-order chi connectivity index (χ0) is 18.1. The van der Waals surface area contributed by atoms with Crippen LogP contribution in [0, 0.1) is 0 Å². The fourth-order valence-electron chi connectivity index (χ4n) is 2.14. The van der Waals surface area contributed by atoms with E-state index in [0.29, 0.717) is 37.2 Å². The maximum atomic E-state index is 5.85. The molecule has 0 spiro atoms. The van der Waals surface area contributed by atoms with Gasteiger partial charge in [0, 0.05) is 6.54 Å². The highest BCUT2D eigenvalue weighted by atomic mass is 127. The Morgan fingerprint density at radius 1 is 1.12 bits per heavy atom. The smallest absolute Gasteiger partial charge is 0.189 e. The molecule has 6 heteroatoms. The van der Waals surface area contributed by atoms with Gasteiger partial charge in [-0.25, -0.2) is 4.99 Å². The minimum Gasteiger partial charge on any atom is -0.493 e. The van der Waals surface area contributed by atoms with Crippen molar-refractivity contribution in [2.24, 2.45) is 10.7 Å². The molecular weight excluding hydrogens is 441 g/mol. The zero-order valence-corrected chi connectivity index (χ0v) is 17.5. The molecule has 2 rings (SSSR count). The highest BCUT2D eigenvalue weighted by molar-refractivity contribution is 14.0. The number of benzene rings is 2. The Labute approximate surface area is 172 Å². The number of hydrogen-bond acceptors (Lipinski definition) is 3. The fourth-order valence-corrected chi connectivity index (χ4v) is 2.14. The molecule has 140 valence electrons. The summed E-state index contributed by atoms with van der Waals surface area (Å²) in [5.74, 6) is 1.77. The van der Waals surface area contributed by atoms with Crippen molar-refractivity contribution < 1.29 is 9.47 Å². The molecule has 0 bridgehead atoms. The van der Waals surface area contributed by atoms with Crippen molar-refractivity contribution >= 4 is 29.9 Å². The Balaban J connectivity index is 0.00000338. The lowest BCUT2D eigenvalue weighted by atomic mass is 10.2. The molecule has 5 nitrogen and oxygen atoms in total. The van der Waals surface area contributed by atoms with E-state index in [1.807, 2.05) is 55.5 Å². The summed E-state index contributed by atoms with van der Waals surface area (Å²) < 4.78 is 11.3. The van der Waals surface area contributed by atoms with Crippen LogP contribution in [0.25, 0.3) is 0 Å². The molecule has 0 aliphatic carbocycles. The molecule has 0 radical (unpaired) electrons. The summed E-state index contributed by atoms with van der Waals surface area (Å²) in [4.78, 5) is 4.31. The molecule has 0 saturated carbocycles. The van der Waals surface area contributed by atoms with Gasteiger partial charge in [-0.15, -0.1) is 24.0 Å². The van der Waals surface area contributed by atoms with E-state index in [2.05, 4.69) is 16.9 Å². The van der Waals surface area contributed by atoms with E-state index < -0.39 is 0 Å². The molecule has 0 saturated heterocycles. The molecule has 26 heavy (non-hydrogen) atoms. The number of nitrogens with one attached hydrogen (secondary N) is 1. The summed E-state index contributed by atoms with van der Waals surface area (Å²) in [5, 5.41) is 3.00. The lowest BCUT2D eigenvalue weighted by Gasteiger charge is -2.12. The van der Waals surface area contributed by atoms with Gasteiger partial charge >= 0.3 is 0 Å². The van der Waals surface area contributed by atoms with Crippen LogP contribution in [0.4, 0.5) is 0 Å². The Bertz CT molecular complexity index is 733. The van der Waals surface area contributed by atoms with Gasteiger partial charge in [0.15, 0.2) is 17.5 Å². The quantitative estimate of drug-likeness (QED) is 0.268. The fraction of sp³-hybridized carbons (Fsp3) is 0.250. The van der Waals surface area contributed by atoms with E-state index in [4.69, 9.17) is 15.2 Å². The second kappa shape index (κ2) is 11.4. The van der Waals surface area contributed by atoms with Crippen molar-refractivity contribution in [2.45, 2.75) is 20.1 Å². The van der Waals surface area contributed by atoms with E-state index in [9.17, 15) is 0 Å². The predicted molar refractivity (Wildman–Crippen MR) is 117 cm³/mol. The van der Waals surface area contributed by atoms with E-state index in [0.717, 1.165) is 16.7 Å². The SMILES string of the molecule is C=C(C)CNC(N)=NCc1ccc(OCc2ccccc2)c(OC)c1.I. The highest BCUT2D eigenvalue weighted by Gasteiger charge is 2.06. The van der Waals surface area contributed by atoms with Crippen molar-refractivity contribution in [3.05, 3.63) is 71.8 Å². The standard InChI is InChI=1S/C20H25N3O2.HI/c1-15(2)12-22-20(21)23-13-17-9-10-18(19(11-17)24-3)25-14-16-7-5-4-6-8-16;/h4-11H,1,12-14H2,2-3H3,(H3,21,22,23);1H. The van der Waals surface area contributed by atoms with Crippen molar-refractivity contribution in [1.82, 2.24) is 5.32 Å². The van der Waals surface area contributed by atoms with Crippen LogP contribution in [-0.2, 0) is 13.2 Å². The van der Waals surface area contributed by atoms with Gasteiger partial charge in [0.05, 0.1) is 13.7 Å². The lowest BCUT2D eigenvalue weighted by Crippen LogP contribution is -2.32. The maximum Gasteiger partial charge on any atom is 0.189 e. The van der Waals surface area contributed by atoms with Crippen LogP contribution in [-0.4, -0.2) is 19.6 Å². The van der Waals surface area contributed by atoms with E-state index in [1.165, 1.54) is 0 Å². The molecule has 0 aliphatic heterocycles. The van der Waals surface area contributed by atoms with Crippen molar-refractivity contribution in [3.63, 3.8) is 0 Å². The maximum absolute atomic E-state index is 5.85. The van der Waals surface area contributed by atoms with Crippen molar-refractivity contribution in [3.8, 4) is 11.5 Å². The van der Waals surface area contributed by atoms with Crippen molar-refractivity contribution in [1.29, 1.82) is 0 Å². The number of ether oxygens (including phenoxy) is 2. The topological polar surface area (TPSA) is 68.9 Å². The average Bonchev–Trinajstić information content (AvgIpc) is 2.64. The molecule has 3 N–H and O–H groups in total. The summed E-state index contributed by atoms with van der Waals surface area (Å²) in [6, 6.07) is 15.8. The minimum atomic E-state index is 0. The first-order valence-electron chi connectivity index (χ1n) is 8.10. The number of rotatable bonds is 8. The summed E-state index contributed by atoms with van der Waals surface area (Å²) in [6.45, 7) is 7.31. The molecule has 0 unspecified atom stereocenters. The Hall–Kier alpha value is -2.22. The number of guanidine groups is 1. The van der Waals surface area contributed by atoms with Crippen LogP contribution in [0.3, 0.4) is 0 Å². The minimum absolute atomic E-state index is 0. The number of halogens is 1. The Morgan fingerprint density at radius 3 is 2.50 bits per heavy atom. The number of aliphatic imine (C=N–C) groups is 1. The molecule has 0 fully saturated rings. The van der Waals surface area contributed by atoms with Gasteiger partial charge in [-0.3, -0.25) is 0 Å². The van der Waals surface area contributed by atoms with Crippen LogP contribution in [0.15, 0.2) is 65.7 Å². The monoisotopic (exact) mass is 467 g/mol. The number of nitrogens with two attached hydrogens (primary N) is 1. The Kier molecular flexibility index (Phi) is 9.57. The second-order valence-electron chi connectivity index (χ2n) is 5.77. The number of methoxy groups -OCH3 is 1. The zero-order valence-electron chi connectivity index (χ0n) is 15.2. The summed E-state index contributed by atoms with van der Waals surface area (Å²) in [5.41, 5.74) is 8.92. The van der Waals surface area contributed by atoms with E-state index >= 15 is 0 Å². The third kappa shape index (κ3) is 7.35. The van der Waals surface area contributed by atoms with E-state index in [-0.39, 0.29) is 24.0 Å². The average molecular weight is 467 g/mol. The molecule has 0 aliphatic rings. The van der Waals surface area contributed by atoms with E-state index in [1.54, 1.807) is 7.11 Å². The molecule has 2 aromatic rings. The van der Waals surface area contributed by atoms with Gasteiger partial charge < -0.3 is 20.5 Å². The third-order valence-electron chi connectivity index (χ3n) is 3.47. The summed E-state index contributed by atoms with van der Waals surface area (Å²) in [7, 11) is 1.63. The van der Waals surface area contributed by atoms with Gasteiger partial charge in [0.2, 0.25) is 0 Å².